The molecule has 0 bridgehead atoms. The highest BCUT2D eigenvalue weighted by atomic mass is 32.1. The third-order valence-corrected chi connectivity index (χ3v) is 5.95. The number of ether oxygens (including phenoxy) is 2. The van der Waals surface area contributed by atoms with Crippen molar-refractivity contribution in [1.29, 1.82) is 0 Å². The van der Waals surface area contributed by atoms with Crippen LogP contribution in [-0.2, 0) is 11.3 Å². The van der Waals surface area contributed by atoms with Gasteiger partial charge in [-0.1, -0.05) is 12.1 Å². The summed E-state index contributed by atoms with van der Waals surface area (Å²) >= 11 is 1.62. The summed E-state index contributed by atoms with van der Waals surface area (Å²) in [6, 6.07) is 12.5. The van der Waals surface area contributed by atoms with Crippen LogP contribution < -0.4 is 20.2 Å². The summed E-state index contributed by atoms with van der Waals surface area (Å²) in [6.07, 6.45) is 2.57. The smallest absolute Gasteiger partial charge is 0.191 e. The van der Waals surface area contributed by atoms with Gasteiger partial charge in [-0.25, -0.2) is 9.98 Å². The summed E-state index contributed by atoms with van der Waals surface area (Å²) in [4.78, 5) is 12.4. The molecule has 158 valence electrons. The SMILES string of the molecule is COc1ccc(N=c2scc(-c3ccc(N4CCOCC4)cc3)n2CCCN)nc1. The number of nitrogens with zero attached hydrogens (tertiary/aromatic N) is 4. The van der Waals surface area contributed by atoms with Crippen molar-refractivity contribution in [2.45, 2.75) is 13.0 Å². The fourth-order valence-corrected chi connectivity index (χ4v) is 4.38. The van der Waals surface area contributed by atoms with E-state index in [0.29, 0.717) is 12.4 Å². The van der Waals surface area contributed by atoms with Crippen LogP contribution in [0.15, 0.2) is 53.0 Å². The first-order valence-electron chi connectivity index (χ1n) is 10.1. The van der Waals surface area contributed by atoms with Gasteiger partial charge in [-0.3, -0.25) is 0 Å². The predicted octanol–water partition coefficient (Wildman–Crippen LogP) is 3.04. The van der Waals surface area contributed by atoms with Crippen molar-refractivity contribution in [3.05, 3.63) is 52.8 Å². The quantitative estimate of drug-likeness (QED) is 0.630. The van der Waals surface area contributed by atoms with Gasteiger partial charge in [0.25, 0.3) is 0 Å². The first-order chi connectivity index (χ1) is 14.8. The molecule has 2 N–H and O–H groups in total. The molecule has 0 aliphatic carbocycles. The van der Waals surface area contributed by atoms with Gasteiger partial charge >= 0.3 is 0 Å². The number of anilines is 1. The predicted molar refractivity (Wildman–Crippen MR) is 120 cm³/mol. The molecular formula is C22H27N5O2S. The molecule has 30 heavy (non-hydrogen) atoms. The molecule has 0 amide bonds. The fraction of sp³-hybridized carbons (Fsp3) is 0.364. The minimum absolute atomic E-state index is 0.637. The number of hydrogen-bond donors (Lipinski definition) is 1. The maximum atomic E-state index is 5.79. The molecule has 3 aromatic rings. The van der Waals surface area contributed by atoms with Crippen molar-refractivity contribution in [2.24, 2.45) is 10.7 Å². The van der Waals surface area contributed by atoms with Crippen LogP contribution in [0.2, 0.25) is 0 Å². The van der Waals surface area contributed by atoms with Crippen molar-refractivity contribution in [3.63, 3.8) is 0 Å². The van der Waals surface area contributed by atoms with E-state index in [9.17, 15) is 0 Å². The van der Waals surface area contributed by atoms with E-state index in [4.69, 9.17) is 20.2 Å². The average Bonchev–Trinajstić information content (AvgIpc) is 3.21. The molecule has 1 fully saturated rings. The van der Waals surface area contributed by atoms with Crippen LogP contribution in [0.3, 0.4) is 0 Å². The number of thiazole rings is 1. The highest BCUT2D eigenvalue weighted by Crippen LogP contribution is 2.25. The Bertz CT molecular complexity index is 1010. The van der Waals surface area contributed by atoms with Crippen LogP contribution in [-0.4, -0.2) is 49.5 Å². The number of pyridine rings is 1. The number of morpholine rings is 1. The molecule has 0 radical (unpaired) electrons. The summed E-state index contributed by atoms with van der Waals surface area (Å²) in [5.74, 6) is 1.38. The normalized spacial score (nSPS) is 14.9. The van der Waals surface area contributed by atoms with Crippen molar-refractivity contribution < 1.29 is 9.47 Å². The molecule has 0 spiro atoms. The Morgan fingerprint density at radius 3 is 2.63 bits per heavy atom. The van der Waals surface area contributed by atoms with Crippen LogP contribution in [0.25, 0.3) is 11.3 Å². The van der Waals surface area contributed by atoms with Crippen molar-refractivity contribution in [2.75, 3.05) is 44.9 Å². The van der Waals surface area contributed by atoms with Crippen LogP contribution in [0.4, 0.5) is 11.5 Å². The standard InChI is InChI=1S/C22H27N5O2S/c1-28-19-7-8-21(24-15-19)25-22-27(10-2-9-23)20(16-30-22)17-3-5-18(6-4-17)26-11-13-29-14-12-26/h3-8,15-16H,2,9-14,23H2,1H3. The molecule has 8 heteroatoms. The van der Waals surface area contributed by atoms with E-state index in [1.165, 1.54) is 11.3 Å². The van der Waals surface area contributed by atoms with Gasteiger partial charge in [0.15, 0.2) is 10.6 Å². The Morgan fingerprint density at radius 1 is 1.17 bits per heavy atom. The number of methoxy groups -OCH3 is 1. The molecule has 0 saturated carbocycles. The lowest BCUT2D eigenvalue weighted by Gasteiger charge is -2.28. The third kappa shape index (κ3) is 4.72. The van der Waals surface area contributed by atoms with Gasteiger partial charge in [0.1, 0.15) is 5.75 Å². The third-order valence-electron chi connectivity index (χ3n) is 5.09. The largest absolute Gasteiger partial charge is 0.495 e. The highest BCUT2D eigenvalue weighted by Gasteiger charge is 2.13. The minimum Gasteiger partial charge on any atom is -0.495 e. The van der Waals surface area contributed by atoms with Crippen molar-refractivity contribution >= 4 is 22.8 Å². The van der Waals surface area contributed by atoms with E-state index in [1.807, 2.05) is 12.1 Å². The zero-order valence-corrected chi connectivity index (χ0v) is 18.0. The van der Waals surface area contributed by atoms with E-state index in [-0.39, 0.29) is 0 Å². The monoisotopic (exact) mass is 425 g/mol. The van der Waals surface area contributed by atoms with Crippen LogP contribution in [0.1, 0.15) is 6.42 Å². The van der Waals surface area contributed by atoms with E-state index >= 15 is 0 Å². The molecule has 1 aliphatic rings. The second-order valence-electron chi connectivity index (χ2n) is 7.01. The van der Waals surface area contributed by atoms with E-state index in [2.05, 4.69) is 44.1 Å². The Morgan fingerprint density at radius 2 is 1.97 bits per heavy atom. The van der Waals surface area contributed by atoms with Crippen molar-refractivity contribution in [3.8, 4) is 17.0 Å². The van der Waals surface area contributed by atoms with E-state index in [0.717, 1.165) is 55.5 Å². The summed E-state index contributed by atoms with van der Waals surface area (Å²) in [5, 5.41) is 2.16. The van der Waals surface area contributed by atoms with Crippen LogP contribution in [0.5, 0.6) is 5.75 Å². The molecule has 1 aromatic carbocycles. The molecule has 2 aromatic heterocycles. The van der Waals surface area contributed by atoms with Crippen molar-refractivity contribution in [1.82, 2.24) is 9.55 Å². The Balaban J connectivity index is 1.64. The summed E-state index contributed by atoms with van der Waals surface area (Å²) in [7, 11) is 1.63. The Kier molecular flexibility index (Phi) is 6.78. The first kappa shape index (κ1) is 20.6. The average molecular weight is 426 g/mol. The summed E-state index contributed by atoms with van der Waals surface area (Å²) in [5.41, 5.74) is 9.34. The number of benzene rings is 1. The molecule has 0 unspecified atom stereocenters. The molecule has 7 nitrogen and oxygen atoms in total. The number of hydrogen-bond acceptors (Lipinski definition) is 7. The highest BCUT2D eigenvalue weighted by molar-refractivity contribution is 7.07. The van der Waals surface area contributed by atoms with Gasteiger partial charge in [-0.05, 0) is 42.8 Å². The van der Waals surface area contributed by atoms with Gasteiger partial charge in [-0.15, -0.1) is 11.3 Å². The minimum atomic E-state index is 0.637. The van der Waals surface area contributed by atoms with E-state index in [1.54, 1.807) is 24.6 Å². The van der Waals surface area contributed by atoms with Gasteiger partial charge in [0.05, 0.1) is 32.2 Å². The van der Waals surface area contributed by atoms with E-state index < -0.39 is 0 Å². The first-order valence-corrected chi connectivity index (χ1v) is 11.0. The lowest BCUT2D eigenvalue weighted by molar-refractivity contribution is 0.122. The molecule has 0 atom stereocenters. The number of nitrogens with two attached hydrogens (primary N) is 1. The maximum absolute atomic E-state index is 5.79. The fourth-order valence-electron chi connectivity index (χ4n) is 3.44. The van der Waals surface area contributed by atoms with Gasteiger partial charge in [-0.2, -0.15) is 0 Å². The summed E-state index contributed by atoms with van der Waals surface area (Å²) < 4.78 is 12.9. The lowest BCUT2D eigenvalue weighted by Crippen LogP contribution is -2.36. The molecule has 3 heterocycles. The van der Waals surface area contributed by atoms with Crippen LogP contribution >= 0.6 is 11.3 Å². The zero-order chi connectivity index (χ0) is 20.8. The Hall–Kier alpha value is -2.68. The maximum Gasteiger partial charge on any atom is 0.191 e. The van der Waals surface area contributed by atoms with Gasteiger partial charge < -0.3 is 24.7 Å². The number of rotatable bonds is 7. The van der Waals surface area contributed by atoms with Crippen LogP contribution in [0, 0.1) is 0 Å². The molecule has 1 saturated heterocycles. The van der Waals surface area contributed by atoms with Gasteiger partial charge in [0.2, 0.25) is 0 Å². The summed E-state index contributed by atoms with van der Waals surface area (Å²) in [6.45, 7) is 4.90. The Labute approximate surface area is 180 Å². The number of aromatic nitrogens is 2. The van der Waals surface area contributed by atoms with Gasteiger partial charge in [0, 0.05) is 30.7 Å². The zero-order valence-electron chi connectivity index (χ0n) is 17.2. The second-order valence-corrected chi connectivity index (χ2v) is 7.85. The molecule has 1 aliphatic heterocycles. The topological polar surface area (TPSA) is 77.9 Å². The lowest BCUT2D eigenvalue weighted by atomic mass is 10.1. The second kappa shape index (κ2) is 9.88. The molecular weight excluding hydrogens is 398 g/mol. The molecule has 4 rings (SSSR count).